The van der Waals surface area contributed by atoms with Gasteiger partial charge in [-0.05, 0) is 50.5 Å². The van der Waals surface area contributed by atoms with E-state index in [9.17, 15) is 0 Å². The van der Waals surface area contributed by atoms with E-state index in [0.717, 1.165) is 30.3 Å². The SMILES string of the molecule is CC1CCCC(C)C1N(C)C(CN)C1CC1. The summed E-state index contributed by atoms with van der Waals surface area (Å²) in [5.41, 5.74) is 5.97. The molecule has 3 unspecified atom stereocenters. The Hall–Kier alpha value is -0.0800. The van der Waals surface area contributed by atoms with Crippen LogP contribution in [0.25, 0.3) is 0 Å². The fraction of sp³-hybridized carbons (Fsp3) is 1.00. The zero-order chi connectivity index (χ0) is 11.7. The van der Waals surface area contributed by atoms with Crippen LogP contribution in [0.1, 0.15) is 46.0 Å². The first-order valence-corrected chi connectivity index (χ1v) is 7.07. The topological polar surface area (TPSA) is 29.3 Å². The normalized spacial score (nSPS) is 37.7. The van der Waals surface area contributed by atoms with Crippen molar-refractivity contribution in [1.82, 2.24) is 4.90 Å². The zero-order valence-electron chi connectivity index (χ0n) is 11.2. The van der Waals surface area contributed by atoms with E-state index in [1.165, 1.54) is 32.1 Å². The average Bonchev–Trinajstić information content (AvgIpc) is 3.03. The summed E-state index contributed by atoms with van der Waals surface area (Å²) in [7, 11) is 2.32. The maximum absolute atomic E-state index is 5.97. The van der Waals surface area contributed by atoms with Crippen LogP contribution >= 0.6 is 0 Å². The molecule has 0 aromatic heterocycles. The van der Waals surface area contributed by atoms with E-state index in [0.29, 0.717) is 6.04 Å². The second-order valence-corrected chi connectivity index (χ2v) is 6.18. The highest BCUT2D eigenvalue weighted by molar-refractivity contribution is 4.93. The van der Waals surface area contributed by atoms with Gasteiger partial charge in [0.05, 0.1) is 0 Å². The largest absolute Gasteiger partial charge is 0.329 e. The third-order valence-corrected chi connectivity index (χ3v) is 4.89. The molecule has 0 saturated heterocycles. The third kappa shape index (κ3) is 2.43. The molecule has 16 heavy (non-hydrogen) atoms. The Morgan fingerprint density at radius 1 is 1.12 bits per heavy atom. The molecule has 0 radical (unpaired) electrons. The van der Waals surface area contributed by atoms with Crippen molar-refractivity contribution in [3.05, 3.63) is 0 Å². The van der Waals surface area contributed by atoms with Gasteiger partial charge in [-0.2, -0.15) is 0 Å². The van der Waals surface area contributed by atoms with Crippen molar-refractivity contribution in [3.63, 3.8) is 0 Å². The Labute approximate surface area is 101 Å². The predicted molar refractivity (Wildman–Crippen MR) is 69.3 cm³/mol. The molecule has 2 saturated carbocycles. The molecule has 2 aliphatic rings. The number of likely N-dealkylation sites (N-methyl/N-ethyl adjacent to an activating group) is 1. The fourth-order valence-corrected chi connectivity index (χ4v) is 3.86. The first-order chi connectivity index (χ1) is 7.65. The van der Waals surface area contributed by atoms with Gasteiger partial charge in [0.1, 0.15) is 0 Å². The first-order valence-electron chi connectivity index (χ1n) is 7.07. The molecule has 0 aliphatic heterocycles. The van der Waals surface area contributed by atoms with Crippen molar-refractivity contribution in [2.75, 3.05) is 13.6 Å². The molecule has 2 N–H and O–H groups in total. The highest BCUT2D eigenvalue weighted by Gasteiger charge is 2.39. The highest BCUT2D eigenvalue weighted by Crippen LogP contribution is 2.39. The van der Waals surface area contributed by atoms with Crippen LogP contribution in [0.3, 0.4) is 0 Å². The molecule has 0 heterocycles. The number of nitrogens with zero attached hydrogens (tertiary/aromatic N) is 1. The molecule has 0 bridgehead atoms. The second-order valence-electron chi connectivity index (χ2n) is 6.18. The quantitative estimate of drug-likeness (QED) is 0.795. The molecular weight excluding hydrogens is 196 g/mol. The summed E-state index contributed by atoms with van der Waals surface area (Å²) in [6, 6.07) is 1.41. The summed E-state index contributed by atoms with van der Waals surface area (Å²) >= 11 is 0. The van der Waals surface area contributed by atoms with Gasteiger partial charge in [0.2, 0.25) is 0 Å². The molecule has 0 amide bonds. The summed E-state index contributed by atoms with van der Waals surface area (Å²) in [5.74, 6) is 2.60. The molecule has 0 aromatic carbocycles. The lowest BCUT2D eigenvalue weighted by atomic mass is 9.77. The van der Waals surface area contributed by atoms with Crippen LogP contribution in [0.5, 0.6) is 0 Å². The number of rotatable bonds is 4. The van der Waals surface area contributed by atoms with Crippen molar-refractivity contribution in [1.29, 1.82) is 0 Å². The lowest BCUT2D eigenvalue weighted by Crippen LogP contribution is -2.52. The van der Waals surface area contributed by atoms with E-state index in [1.807, 2.05) is 0 Å². The average molecular weight is 224 g/mol. The molecule has 94 valence electrons. The molecule has 2 fully saturated rings. The van der Waals surface area contributed by atoms with Crippen LogP contribution in [0.2, 0.25) is 0 Å². The van der Waals surface area contributed by atoms with Crippen molar-refractivity contribution >= 4 is 0 Å². The lowest BCUT2D eigenvalue weighted by molar-refractivity contribution is 0.0519. The monoisotopic (exact) mass is 224 g/mol. The van der Waals surface area contributed by atoms with Gasteiger partial charge in [0.25, 0.3) is 0 Å². The van der Waals surface area contributed by atoms with Crippen molar-refractivity contribution < 1.29 is 0 Å². The Morgan fingerprint density at radius 3 is 2.12 bits per heavy atom. The van der Waals surface area contributed by atoms with Gasteiger partial charge in [-0.15, -0.1) is 0 Å². The van der Waals surface area contributed by atoms with E-state index in [4.69, 9.17) is 5.73 Å². The van der Waals surface area contributed by atoms with Crippen LogP contribution in [-0.4, -0.2) is 30.6 Å². The number of nitrogens with two attached hydrogens (primary N) is 1. The Morgan fingerprint density at radius 2 is 1.69 bits per heavy atom. The van der Waals surface area contributed by atoms with Gasteiger partial charge in [0.15, 0.2) is 0 Å². The minimum absolute atomic E-state index is 0.646. The minimum atomic E-state index is 0.646. The Kier molecular flexibility index (Phi) is 3.91. The van der Waals surface area contributed by atoms with Gasteiger partial charge in [0, 0.05) is 18.6 Å². The van der Waals surface area contributed by atoms with Crippen molar-refractivity contribution in [2.24, 2.45) is 23.5 Å². The van der Waals surface area contributed by atoms with Gasteiger partial charge in [-0.1, -0.05) is 20.3 Å². The van der Waals surface area contributed by atoms with E-state index in [2.05, 4.69) is 25.8 Å². The van der Waals surface area contributed by atoms with E-state index in [-0.39, 0.29) is 0 Å². The van der Waals surface area contributed by atoms with Crippen LogP contribution in [-0.2, 0) is 0 Å². The molecule has 2 aliphatic carbocycles. The molecule has 2 rings (SSSR count). The summed E-state index contributed by atoms with van der Waals surface area (Å²) in [6.07, 6.45) is 7.04. The van der Waals surface area contributed by atoms with Gasteiger partial charge >= 0.3 is 0 Å². The predicted octanol–water partition coefficient (Wildman–Crippen LogP) is 2.48. The number of hydrogen-bond acceptors (Lipinski definition) is 2. The van der Waals surface area contributed by atoms with E-state index >= 15 is 0 Å². The smallest absolute Gasteiger partial charge is 0.0246 e. The molecule has 0 aromatic rings. The van der Waals surface area contributed by atoms with Crippen molar-refractivity contribution in [2.45, 2.75) is 58.0 Å². The molecular formula is C14H28N2. The Bertz CT molecular complexity index is 215. The van der Waals surface area contributed by atoms with Crippen LogP contribution in [0.15, 0.2) is 0 Å². The molecule has 3 atom stereocenters. The summed E-state index contributed by atoms with van der Waals surface area (Å²) in [4.78, 5) is 2.63. The van der Waals surface area contributed by atoms with Gasteiger partial charge in [-0.3, -0.25) is 4.90 Å². The van der Waals surface area contributed by atoms with Crippen molar-refractivity contribution in [3.8, 4) is 0 Å². The maximum Gasteiger partial charge on any atom is 0.0246 e. The Balaban J connectivity index is 2.02. The second kappa shape index (κ2) is 5.05. The standard InChI is InChI=1S/C14H28N2/c1-10-5-4-6-11(2)14(10)16(3)13(9-15)12-7-8-12/h10-14H,4-9,15H2,1-3H3. The van der Waals surface area contributed by atoms with Gasteiger partial charge in [-0.25, -0.2) is 0 Å². The minimum Gasteiger partial charge on any atom is -0.329 e. The van der Waals surface area contributed by atoms with E-state index < -0.39 is 0 Å². The summed E-state index contributed by atoms with van der Waals surface area (Å²) < 4.78 is 0. The van der Waals surface area contributed by atoms with Crippen LogP contribution in [0, 0.1) is 17.8 Å². The van der Waals surface area contributed by atoms with Crippen LogP contribution < -0.4 is 5.73 Å². The zero-order valence-corrected chi connectivity index (χ0v) is 11.2. The first kappa shape index (κ1) is 12.4. The fourth-order valence-electron chi connectivity index (χ4n) is 3.86. The lowest BCUT2D eigenvalue weighted by Gasteiger charge is -2.44. The molecule has 2 nitrogen and oxygen atoms in total. The van der Waals surface area contributed by atoms with E-state index in [1.54, 1.807) is 0 Å². The van der Waals surface area contributed by atoms with Crippen LogP contribution in [0.4, 0.5) is 0 Å². The molecule has 0 spiro atoms. The highest BCUT2D eigenvalue weighted by atomic mass is 15.2. The molecule has 2 heteroatoms. The summed E-state index contributed by atoms with van der Waals surface area (Å²) in [5, 5.41) is 0. The third-order valence-electron chi connectivity index (χ3n) is 4.89. The maximum atomic E-state index is 5.97. The number of hydrogen-bond donors (Lipinski definition) is 1. The van der Waals surface area contributed by atoms with Gasteiger partial charge < -0.3 is 5.73 Å². The summed E-state index contributed by atoms with van der Waals surface area (Å²) in [6.45, 7) is 5.70.